The fourth-order valence-electron chi connectivity index (χ4n) is 2.70. The lowest BCUT2D eigenvalue weighted by atomic mass is 9.80. The number of hydrogen-bond donors (Lipinski definition) is 2. The van der Waals surface area contributed by atoms with E-state index in [0.29, 0.717) is 12.1 Å². The van der Waals surface area contributed by atoms with Gasteiger partial charge in [0.1, 0.15) is 0 Å². The summed E-state index contributed by atoms with van der Waals surface area (Å²) in [6, 6.07) is 15.6. The highest BCUT2D eigenvalue weighted by Crippen LogP contribution is 2.34. The highest BCUT2D eigenvalue weighted by Gasteiger charge is 2.28. The molecule has 0 bridgehead atoms. The van der Waals surface area contributed by atoms with Crippen molar-refractivity contribution in [1.82, 2.24) is 5.32 Å². The number of nitrogens with one attached hydrogen (secondary N) is 1. The quantitative estimate of drug-likeness (QED) is 0.804. The standard InChI is InChI=1S/C20H26N2O.ClH/c1-14-7-5-6-8-17(14)19(20(2,3)4)22-18(23)13-15-9-11-16(21)12-10-15;/h5-12,19H,13,21H2,1-4H3,(H,22,23);1H. The smallest absolute Gasteiger partial charge is 0.224 e. The third-order valence-electron chi connectivity index (χ3n) is 4.02. The zero-order chi connectivity index (χ0) is 17.0. The first kappa shape index (κ1) is 20.0. The van der Waals surface area contributed by atoms with Gasteiger partial charge >= 0.3 is 0 Å². The van der Waals surface area contributed by atoms with Gasteiger partial charge in [-0.3, -0.25) is 4.79 Å². The molecule has 4 heteroatoms. The molecule has 0 saturated heterocycles. The molecule has 0 radical (unpaired) electrons. The lowest BCUT2D eigenvalue weighted by Gasteiger charge is -2.33. The average molecular weight is 347 g/mol. The maximum Gasteiger partial charge on any atom is 0.224 e. The Hall–Kier alpha value is -2.00. The molecule has 24 heavy (non-hydrogen) atoms. The maximum atomic E-state index is 12.5. The molecule has 1 unspecified atom stereocenters. The molecule has 1 amide bonds. The summed E-state index contributed by atoms with van der Waals surface area (Å²) >= 11 is 0. The van der Waals surface area contributed by atoms with Gasteiger partial charge in [0.2, 0.25) is 5.91 Å². The Labute approximate surface area is 151 Å². The molecule has 1 atom stereocenters. The zero-order valence-electron chi connectivity index (χ0n) is 14.8. The van der Waals surface area contributed by atoms with Gasteiger partial charge in [-0.05, 0) is 41.2 Å². The molecule has 0 heterocycles. The Bertz CT molecular complexity index is 675. The lowest BCUT2D eigenvalue weighted by Crippen LogP contribution is -2.37. The summed E-state index contributed by atoms with van der Waals surface area (Å²) in [5, 5.41) is 3.21. The minimum Gasteiger partial charge on any atom is -0.399 e. The number of anilines is 1. The van der Waals surface area contributed by atoms with E-state index in [1.807, 2.05) is 36.4 Å². The number of nitrogen functional groups attached to an aromatic ring is 1. The molecule has 3 nitrogen and oxygen atoms in total. The largest absolute Gasteiger partial charge is 0.399 e. The van der Waals surface area contributed by atoms with Crippen LogP contribution in [0, 0.1) is 12.3 Å². The Balaban J connectivity index is 0.00000288. The molecule has 0 aromatic heterocycles. The van der Waals surface area contributed by atoms with Crippen LogP contribution in [-0.2, 0) is 11.2 Å². The van der Waals surface area contributed by atoms with Crippen LogP contribution in [-0.4, -0.2) is 5.91 Å². The van der Waals surface area contributed by atoms with E-state index in [2.05, 4.69) is 45.1 Å². The highest BCUT2D eigenvalue weighted by atomic mass is 35.5. The van der Waals surface area contributed by atoms with Crippen LogP contribution >= 0.6 is 12.4 Å². The van der Waals surface area contributed by atoms with Crippen molar-refractivity contribution in [3.8, 4) is 0 Å². The van der Waals surface area contributed by atoms with Crippen molar-refractivity contribution >= 4 is 24.0 Å². The van der Waals surface area contributed by atoms with Crippen LogP contribution in [0.1, 0.15) is 43.5 Å². The molecule has 130 valence electrons. The second-order valence-electron chi connectivity index (χ2n) is 7.14. The second-order valence-corrected chi connectivity index (χ2v) is 7.14. The van der Waals surface area contributed by atoms with Crippen molar-refractivity contribution in [1.29, 1.82) is 0 Å². The van der Waals surface area contributed by atoms with Crippen LogP contribution in [0.5, 0.6) is 0 Å². The second kappa shape index (κ2) is 8.20. The number of amides is 1. The predicted molar refractivity (Wildman–Crippen MR) is 103 cm³/mol. The molecule has 0 spiro atoms. The van der Waals surface area contributed by atoms with Gasteiger partial charge in [-0.25, -0.2) is 0 Å². The third kappa shape index (κ3) is 5.27. The zero-order valence-corrected chi connectivity index (χ0v) is 15.6. The Morgan fingerprint density at radius 3 is 2.21 bits per heavy atom. The van der Waals surface area contributed by atoms with E-state index in [1.165, 1.54) is 11.1 Å². The van der Waals surface area contributed by atoms with Crippen molar-refractivity contribution in [2.45, 2.75) is 40.2 Å². The van der Waals surface area contributed by atoms with Gasteiger partial charge in [0.05, 0.1) is 12.5 Å². The third-order valence-corrected chi connectivity index (χ3v) is 4.02. The number of carbonyl (C=O) groups is 1. The fourth-order valence-corrected chi connectivity index (χ4v) is 2.70. The normalized spacial score (nSPS) is 12.2. The van der Waals surface area contributed by atoms with Gasteiger partial charge in [-0.1, -0.05) is 57.2 Å². The summed E-state index contributed by atoms with van der Waals surface area (Å²) in [4.78, 5) is 12.5. The summed E-state index contributed by atoms with van der Waals surface area (Å²) in [5.74, 6) is 0.0259. The van der Waals surface area contributed by atoms with Gasteiger partial charge in [-0.15, -0.1) is 12.4 Å². The lowest BCUT2D eigenvalue weighted by molar-refractivity contribution is -0.122. The Kier molecular flexibility index (Phi) is 6.85. The van der Waals surface area contributed by atoms with Gasteiger partial charge < -0.3 is 11.1 Å². The van der Waals surface area contributed by atoms with Crippen LogP contribution in [0.2, 0.25) is 0 Å². The first-order valence-corrected chi connectivity index (χ1v) is 7.96. The Morgan fingerprint density at radius 2 is 1.67 bits per heavy atom. The predicted octanol–water partition coefficient (Wildman–Crippen LogP) is 4.45. The monoisotopic (exact) mass is 346 g/mol. The van der Waals surface area contributed by atoms with Crippen molar-refractivity contribution in [2.75, 3.05) is 5.73 Å². The number of halogens is 1. The summed E-state index contributed by atoms with van der Waals surface area (Å²) < 4.78 is 0. The average Bonchev–Trinajstić information content (AvgIpc) is 2.47. The number of carbonyl (C=O) groups excluding carboxylic acids is 1. The molecular weight excluding hydrogens is 320 g/mol. The topological polar surface area (TPSA) is 55.1 Å². The minimum absolute atomic E-state index is 0. The fraction of sp³-hybridized carbons (Fsp3) is 0.350. The molecule has 0 fully saturated rings. The van der Waals surface area contributed by atoms with Gasteiger partial charge in [-0.2, -0.15) is 0 Å². The highest BCUT2D eigenvalue weighted by molar-refractivity contribution is 5.85. The molecule has 0 saturated carbocycles. The summed E-state index contributed by atoms with van der Waals surface area (Å²) in [6.45, 7) is 8.52. The van der Waals surface area contributed by atoms with E-state index in [4.69, 9.17) is 5.73 Å². The van der Waals surface area contributed by atoms with Gasteiger partial charge in [0, 0.05) is 5.69 Å². The summed E-state index contributed by atoms with van der Waals surface area (Å²) in [6.07, 6.45) is 0.360. The van der Waals surface area contributed by atoms with E-state index < -0.39 is 0 Å². The van der Waals surface area contributed by atoms with E-state index in [1.54, 1.807) is 0 Å². The van der Waals surface area contributed by atoms with E-state index >= 15 is 0 Å². The van der Waals surface area contributed by atoms with E-state index in [0.717, 1.165) is 5.56 Å². The molecule has 2 rings (SSSR count). The number of hydrogen-bond acceptors (Lipinski definition) is 2. The molecule has 0 aliphatic rings. The van der Waals surface area contributed by atoms with Crippen LogP contribution in [0.4, 0.5) is 5.69 Å². The Morgan fingerprint density at radius 1 is 1.08 bits per heavy atom. The van der Waals surface area contributed by atoms with E-state index in [-0.39, 0.29) is 29.8 Å². The number of benzene rings is 2. The molecule has 0 aliphatic heterocycles. The molecule has 2 aromatic carbocycles. The van der Waals surface area contributed by atoms with Crippen LogP contribution in [0.25, 0.3) is 0 Å². The van der Waals surface area contributed by atoms with Crippen LogP contribution < -0.4 is 11.1 Å². The van der Waals surface area contributed by atoms with Crippen molar-refractivity contribution in [3.63, 3.8) is 0 Å². The van der Waals surface area contributed by atoms with E-state index in [9.17, 15) is 4.79 Å². The summed E-state index contributed by atoms with van der Waals surface area (Å²) in [5.41, 5.74) is 9.66. The minimum atomic E-state index is -0.0666. The number of rotatable bonds is 4. The van der Waals surface area contributed by atoms with Gasteiger partial charge in [0.15, 0.2) is 0 Å². The van der Waals surface area contributed by atoms with Gasteiger partial charge in [0.25, 0.3) is 0 Å². The van der Waals surface area contributed by atoms with Crippen LogP contribution in [0.3, 0.4) is 0 Å². The maximum absolute atomic E-state index is 12.5. The van der Waals surface area contributed by atoms with Crippen LogP contribution in [0.15, 0.2) is 48.5 Å². The first-order valence-electron chi connectivity index (χ1n) is 7.96. The van der Waals surface area contributed by atoms with Crippen molar-refractivity contribution in [3.05, 3.63) is 65.2 Å². The summed E-state index contributed by atoms with van der Waals surface area (Å²) in [7, 11) is 0. The molecule has 0 aliphatic carbocycles. The first-order chi connectivity index (χ1) is 10.8. The number of aryl methyl sites for hydroxylation is 1. The van der Waals surface area contributed by atoms with Crippen molar-refractivity contribution in [2.24, 2.45) is 5.41 Å². The van der Waals surface area contributed by atoms with Crippen molar-refractivity contribution < 1.29 is 4.79 Å². The molecule has 2 aromatic rings. The molecular formula is C20H27ClN2O. The molecule has 3 N–H and O–H groups in total. The SMILES string of the molecule is Cc1ccccc1C(NC(=O)Cc1ccc(N)cc1)C(C)(C)C.Cl. The number of nitrogens with two attached hydrogens (primary N) is 1.